The number of hydrogen-bond acceptors (Lipinski definition) is 1. The summed E-state index contributed by atoms with van der Waals surface area (Å²) in [5.74, 6) is 0. The summed E-state index contributed by atoms with van der Waals surface area (Å²) in [4.78, 5) is 2.33. The molecule has 0 aromatic heterocycles. The van der Waals surface area contributed by atoms with Gasteiger partial charge in [-0.25, -0.2) is 0 Å². The van der Waals surface area contributed by atoms with Crippen LogP contribution in [0.3, 0.4) is 0 Å². The first-order chi connectivity index (χ1) is 28.7. The van der Waals surface area contributed by atoms with Crippen molar-refractivity contribution < 1.29 is 0 Å². The molecule has 1 nitrogen and oxygen atoms in total. The van der Waals surface area contributed by atoms with Crippen LogP contribution in [0.4, 0.5) is 17.1 Å². The monoisotopic (exact) mass is 739 g/mol. The third kappa shape index (κ3) is 6.74. The molecule has 0 saturated heterocycles. The minimum absolute atomic E-state index is 1.12. The van der Waals surface area contributed by atoms with Crippen LogP contribution in [0.25, 0.3) is 77.9 Å². The number of aryl methyl sites for hydroxylation is 1. The van der Waals surface area contributed by atoms with Crippen LogP contribution in [-0.2, 0) is 0 Å². The fourth-order valence-electron chi connectivity index (χ4n) is 8.43. The normalized spacial score (nSPS) is 11.5. The molecule has 1 heteroatoms. The molecule has 0 unspecified atom stereocenters. The van der Waals surface area contributed by atoms with Crippen LogP contribution in [0, 0.1) is 6.92 Å². The van der Waals surface area contributed by atoms with Crippen molar-refractivity contribution in [1.82, 2.24) is 0 Å². The van der Waals surface area contributed by atoms with Crippen LogP contribution in [-0.4, -0.2) is 0 Å². The Kier molecular flexibility index (Phi) is 9.18. The smallest absolute Gasteiger partial charge is 0.0464 e. The maximum atomic E-state index is 2.33. The van der Waals surface area contributed by atoms with E-state index in [1.807, 2.05) is 0 Å². The Bertz CT molecular complexity index is 3030. The van der Waals surface area contributed by atoms with Gasteiger partial charge in [-0.15, -0.1) is 0 Å². The van der Waals surface area contributed by atoms with Crippen LogP contribution in [0.5, 0.6) is 0 Å². The number of fused-ring (bicyclic) bond motifs is 3. The van der Waals surface area contributed by atoms with Gasteiger partial charge in [0.15, 0.2) is 0 Å². The van der Waals surface area contributed by atoms with Gasteiger partial charge in [0.05, 0.1) is 0 Å². The molecule has 0 spiro atoms. The summed E-state index contributed by atoms with van der Waals surface area (Å²) in [7, 11) is 0. The quantitative estimate of drug-likeness (QED) is 0.111. The summed E-state index contributed by atoms with van der Waals surface area (Å²) in [5.41, 5.74) is 14.4. The van der Waals surface area contributed by atoms with E-state index in [1.165, 1.54) is 82.4 Å². The molecule has 0 aliphatic rings. The minimum Gasteiger partial charge on any atom is -0.310 e. The number of para-hydroxylation sites is 1. The SMILES string of the molecule is Cc1cccc(N(c2ccccc2)c2ccc(-c3c4ccccc4c(-c4ccc(/C=C/c5ccc(-c6ccc7ccccc7c6)cc5)cc4)c4ccccc34)cc2)c1. The average Bonchev–Trinajstić information content (AvgIpc) is 3.28. The number of anilines is 3. The summed E-state index contributed by atoms with van der Waals surface area (Å²) in [6.07, 6.45) is 4.40. The Morgan fingerprint density at radius 2 is 0.759 bits per heavy atom. The van der Waals surface area contributed by atoms with Crippen molar-refractivity contribution in [2.75, 3.05) is 4.90 Å². The topological polar surface area (TPSA) is 3.24 Å². The Morgan fingerprint density at radius 1 is 0.310 bits per heavy atom. The predicted octanol–water partition coefficient (Wildman–Crippen LogP) is 16.1. The molecule has 10 rings (SSSR count). The molecule has 58 heavy (non-hydrogen) atoms. The van der Waals surface area contributed by atoms with Gasteiger partial charge in [-0.2, -0.15) is 0 Å². The van der Waals surface area contributed by atoms with Gasteiger partial charge < -0.3 is 4.90 Å². The molecule has 0 saturated carbocycles. The van der Waals surface area contributed by atoms with Gasteiger partial charge in [0, 0.05) is 17.1 Å². The molecule has 0 atom stereocenters. The third-order valence-corrected chi connectivity index (χ3v) is 11.3. The molecule has 0 aliphatic carbocycles. The number of nitrogens with zero attached hydrogens (tertiary/aromatic N) is 1. The van der Waals surface area contributed by atoms with Crippen molar-refractivity contribution in [3.05, 3.63) is 235 Å². The van der Waals surface area contributed by atoms with Crippen molar-refractivity contribution in [2.45, 2.75) is 6.92 Å². The highest BCUT2D eigenvalue weighted by Crippen LogP contribution is 2.44. The number of rotatable bonds is 8. The molecule has 0 N–H and O–H groups in total. The van der Waals surface area contributed by atoms with Crippen LogP contribution in [0.1, 0.15) is 16.7 Å². The Labute approximate surface area is 340 Å². The fraction of sp³-hybridized carbons (Fsp3) is 0.0175. The largest absolute Gasteiger partial charge is 0.310 e. The highest BCUT2D eigenvalue weighted by atomic mass is 15.1. The molecule has 0 bridgehead atoms. The van der Waals surface area contributed by atoms with Crippen LogP contribution in [0.2, 0.25) is 0 Å². The molecule has 0 fully saturated rings. The van der Waals surface area contributed by atoms with E-state index in [0.717, 1.165) is 17.1 Å². The van der Waals surface area contributed by atoms with Crippen molar-refractivity contribution in [3.8, 4) is 33.4 Å². The molecule has 0 radical (unpaired) electrons. The number of benzene rings is 10. The van der Waals surface area contributed by atoms with Crippen LogP contribution in [0.15, 0.2) is 218 Å². The van der Waals surface area contributed by atoms with Crippen molar-refractivity contribution in [2.24, 2.45) is 0 Å². The Morgan fingerprint density at radius 3 is 1.33 bits per heavy atom. The van der Waals surface area contributed by atoms with Gasteiger partial charge in [-0.3, -0.25) is 0 Å². The third-order valence-electron chi connectivity index (χ3n) is 11.3. The minimum atomic E-state index is 1.12. The van der Waals surface area contributed by atoms with Gasteiger partial charge in [0.1, 0.15) is 0 Å². The Balaban J connectivity index is 0.971. The molecule has 0 amide bonds. The van der Waals surface area contributed by atoms with E-state index < -0.39 is 0 Å². The van der Waals surface area contributed by atoms with Crippen molar-refractivity contribution in [1.29, 1.82) is 0 Å². The van der Waals surface area contributed by atoms with Crippen molar-refractivity contribution in [3.63, 3.8) is 0 Å². The first-order valence-corrected chi connectivity index (χ1v) is 20.0. The highest BCUT2D eigenvalue weighted by Gasteiger charge is 2.18. The molecule has 0 aliphatic heterocycles. The highest BCUT2D eigenvalue weighted by molar-refractivity contribution is 6.21. The summed E-state index contributed by atoms with van der Waals surface area (Å²) >= 11 is 0. The lowest BCUT2D eigenvalue weighted by Crippen LogP contribution is -2.09. The molecular formula is C57H41N. The zero-order valence-corrected chi connectivity index (χ0v) is 32.4. The maximum Gasteiger partial charge on any atom is 0.0464 e. The van der Waals surface area contributed by atoms with E-state index in [1.54, 1.807) is 0 Å². The van der Waals surface area contributed by atoms with E-state index >= 15 is 0 Å². The standard InChI is InChI=1S/C57H41N/c1-40-12-11-17-51(38-40)58(49-15-3-2-4-16-49)50-36-34-46(35-37-50)57-54-20-9-7-18-52(54)56(53-19-8-10-21-55(53)57)45-30-26-42(27-31-45)23-22-41-24-28-44(29-25-41)48-33-32-43-13-5-6-14-47(43)39-48/h2-39H,1H3/b23-22+. The Hall–Kier alpha value is -7.48. The molecular weight excluding hydrogens is 699 g/mol. The first-order valence-electron chi connectivity index (χ1n) is 20.0. The molecule has 0 heterocycles. The van der Waals surface area contributed by atoms with Gasteiger partial charge in [-0.1, -0.05) is 188 Å². The predicted molar refractivity (Wildman–Crippen MR) is 250 cm³/mol. The van der Waals surface area contributed by atoms with E-state index in [-0.39, 0.29) is 0 Å². The van der Waals surface area contributed by atoms with Gasteiger partial charge >= 0.3 is 0 Å². The maximum absolute atomic E-state index is 2.33. The number of hydrogen-bond donors (Lipinski definition) is 0. The second kappa shape index (κ2) is 15.2. The lowest BCUT2D eigenvalue weighted by Gasteiger charge is -2.26. The lowest BCUT2D eigenvalue weighted by molar-refractivity contribution is 1.27. The van der Waals surface area contributed by atoms with Gasteiger partial charge in [0.2, 0.25) is 0 Å². The van der Waals surface area contributed by atoms with Gasteiger partial charge in [0.25, 0.3) is 0 Å². The van der Waals surface area contributed by atoms with E-state index in [9.17, 15) is 0 Å². The van der Waals surface area contributed by atoms with E-state index in [2.05, 4.69) is 242 Å². The van der Waals surface area contributed by atoms with E-state index in [4.69, 9.17) is 0 Å². The second-order valence-electron chi connectivity index (χ2n) is 15.0. The summed E-state index contributed by atoms with van der Waals surface area (Å²) in [6.45, 7) is 2.15. The average molecular weight is 740 g/mol. The zero-order valence-electron chi connectivity index (χ0n) is 32.4. The molecule has 10 aromatic carbocycles. The fourth-order valence-corrected chi connectivity index (χ4v) is 8.43. The molecule has 10 aromatic rings. The second-order valence-corrected chi connectivity index (χ2v) is 15.0. The van der Waals surface area contributed by atoms with Crippen LogP contribution < -0.4 is 4.90 Å². The van der Waals surface area contributed by atoms with E-state index in [0.29, 0.717) is 0 Å². The first kappa shape index (κ1) is 35.0. The molecule has 274 valence electrons. The summed E-state index contributed by atoms with van der Waals surface area (Å²) < 4.78 is 0. The zero-order chi connectivity index (χ0) is 38.8. The van der Waals surface area contributed by atoms with Crippen molar-refractivity contribution >= 4 is 61.5 Å². The lowest BCUT2D eigenvalue weighted by atomic mass is 9.86. The summed E-state index contributed by atoms with van der Waals surface area (Å²) in [5, 5.41) is 7.53. The van der Waals surface area contributed by atoms with Crippen LogP contribution >= 0.6 is 0 Å². The summed E-state index contributed by atoms with van der Waals surface area (Å²) in [6, 6.07) is 79.2. The van der Waals surface area contributed by atoms with Gasteiger partial charge in [-0.05, 0) is 132 Å².